The molecule has 0 bridgehead atoms. The van der Waals surface area contributed by atoms with Crippen molar-refractivity contribution in [1.29, 1.82) is 0 Å². The van der Waals surface area contributed by atoms with Gasteiger partial charge in [0, 0.05) is 30.9 Å². The van der Waals surface area contributed by atoms with Crippen LogP contribution in [0.3, 0.4) is 0 Å². The minimum Gasteiger partial charge on any atom is -0.465 e. The van der Waals surface area contributed by atoms with Crippen molar-refractivity contribution in [2.45, 2.75) is 32.7 Å². The van der Waals surface area contributed by atoms with Gasteiger partial charge < -0.3 is 14.5 Å². The van der Waals surface area contributed by atoms with Gasteiger partial charge in [0.05, 0.1) is 30.5 Å². The van der Waals surface area contributed by atoms with Gasteiger partial charge in [-0.2, -0.15) is 0 Å². The molecule has 0 saturated carbocycles. The van der Waals surface area contributed by atoms with Crippen LogP contribution < -0.4 is 5.32 Å². The molecule has 7 heteroatoms. The number of furan rings is 1. The van der Waals surface area contributed by atoms with Gasteiger partial charge in [-0.05, 0) is 32.4 Å². The molecule has 0 unspecified atom stereocenters. The molecule has 25 heavy (non-hydrogen) atoms. The molecule has 1 amide bonds. The van der Waals surface area contributed by atoms with Gasteiger partial charge in [-0.25, -0.2) is 4.98 Å². The van der Waals surface area contributed by atoms with Crippen LogP contribution in [0.2, 0.25) is 0 Å². The van der Waals surface area contributed by atoms with Crippen LogP contribution >= 0.6 is 11.3 Å². The molecule has 1 atom stereocenters. The number of hydrogen-bond donors (Lipinski definition) is 1. The number of nitrogens with zero attached hydrogens (tertiary/aromatic N) is 2. The molecular weight excluding hydrogens is 338 g/mol. The number of aromatic nitrogens is 1. The van der Waals surface area contributed by atoms with Crippen molar-refractivity contribution in [2.24, 2.45) is 0 Å². The lowest BCUT2D eigenvalue weighted by atomic mass is 10.1. The zero-order valence-electron chi connectivity index (χ0n) is 14.8. The van der Waals surface area contributed by atoms with Gasteiger partial charge >= 0.3 is 0 Å². The van der Waals surface area contributed by atoms with Crippen LogP contribution in [0.4, 0.5) is 0 Å². The van der Waals surface area contributed by atoms with Gasteiger partial charge in [0.15, 0.2) is 0 Å². The monoisotopic (exact) mass is 363 g/mol. The summed E-state index contributed by atoms with van der Waals surface area (Å²) in [5.41, 5.74) is 2.85. The van der Waals surface area contributed by atoms with E-state index in [4.69, 9.17) is 9.15 Å². The minimum absolute atomic E-state index is 0.0479. The Labute approximate surface area is 152 Å². The third kappa shape index (κ3) is 4.90. The topological polar surface area (TPSA) is 67.6 Å². The van der Waals surface area contributed by atoms with Crippen LogP contribution in [0.15, 0.2) is 22.1 Å². The van der Waals surface area contributed by atoms with Crippen molar-refractivity contribution in [3.8, 4) is 0 Å². The first kappa shape index (κ1) is 18.1. The van der Waals surface area contributed by atoms with Crippen LogP contribution in [-0.2, 0) is 16.0 Å². The lowest BCUT2D eigenvalue weighted by Gasteiger charge is -2.33. The highest BCUT2D eigenvalue weighted by Gasteiger charge is 2.25. The Kier molecular flexibility index (Phi) is 6.23. The number of carbonyl (C=O) groups is 1. The van der Waals surface area contributed by atoms with Crippen molar-refractivity contribution >= 4 is 17.2 Å². The SMILES string of the molecule is Cc1ccc([C@@H](CNC(=O)CCc2scnc2C)N2CCOCC2)o1. The van der Waals surface area contributed by atoms with Crippen molar-refractivity contribution in [3.63, 3.8) is 0 Å². The third-order valence-corrected chi connectivity index (χ3v) is 5.49. The Morgan fingerprint density at radius 2 is 2.16 bits per heavy atom. The van der Waals surface area contributed by atoms with E-state index in [1.165, 1.54) is 4.88 Å². The van der Waals surface area contributed by atoms with E-state index < -0.39 is 0 Å². The van der Waals surface area contributed by atoms with Crippen LogP contribution in [-0.4, -0.2) is 48.6 Å². The fourth-order valence-electron chi connectivity index (χ4n) is 3.02. The number of thiazole rings is 1. The third-order valence-electron chi connectivity index (χ3n) is 4.49. The Morgan fingerprint density at radius 1 is 1.36 bits per heavy atom. The summed E-state index contributed by atoms with van der Waals surface area (Å²) in [5, 5.41) is 3.07. The highest BCUT2D eigenvalue weighted by molar-refractivity contribution is 7.09. The molecule has 0 spiro atoms. The molecule has 0 aromatic carbocycles. The van der Waals surface area contributed by atoms with E-state index in [0.717, 1.165) is 49.9 Å². The summed E-state index contributed by atoms with van der Waals surface area (Å²) in [7, 11) is 0. The minimum atomic E-state index is 0.0479. The number of amides is 1. The van der Waals surface area contributed by atoms with Gasteiger partial charge in [-0.15, -0.1) is 11.3 Å². The molecule has 2 aromatic heterocycles. The summed E-state index contributed by atoms with van der Waals surface area (Å²) in [5.74, 6) is 1.85. The highest BCUT2D eigenvalue weighted by atomic mass is 32.1. The average Bonchev–Trinajstić information content (AvgIpc) is 3.22. The lowest BCUT2D eigenvalue weighted by molar-refractivity contribution is -0.121. The standard InChI is InChI=1S/C18H25N3O3S/c1-13-3-4-16(24-13)15(21-7-9-23-10-8-21)11-19-18(22)6-5-17-14(2)20-12-25-17/h3-4,12,15H,5-11H2,1-2H3,(H,19,22)/t15-/m1/s1. The van der Waals surface area contributed by atoms with E-state index in [0.29, 0.717) is 13.0 Å². The number of carbonyl (C=O) groups excluding carboxylic acids is 1. The number of rotatable bonds is 7. The zero-order chi connectivity index (χ0) is 17.6. The molecule has 1 aliphatic rings. The summed E-state index contributed by atoms with van der Waals surface area (Å²) >= 11 is 1.61. The molecule has 1 saturated heterocycles. The molecule has 136 valence electrons. The van der Waals surface area contributed by atoms with Gasteiger partial charge in [0.25, 0.3) is 0 Å². The average molecular weight is 363 g/mol. The van der Waals surface area contributed by atoms with Crippen LogP contribution in [0.1, 0.15) is 34.6 Å². The summed E-state index contributed by atoms with van der Waals surface area (Å²) < 4.78 is 11.3. The normalized spacial score (nSPS) is 16.7. The number of nitrogens with one attached hydrogen (secondary N) is 1. The molecule has 1 aliphatic heterocycles. The second-order valence-corrected chi connectivity index (χ2v) is 7.22. The molecule has 3 rings (SSSR count). The maximum absolute atomic E-state index is 12.3. The van der Waals surface area contributed by atoms with Gasteiger partial charge in [-0.1, -0.05) is 0 Å². The van der Waals surface area contributed by atoms with Crippen molar-refractivity contribution in [3.05, 3.63) is 39.7 Å². The maximum Gasteiger partial charge on any atom is 0.220 e. The lowest BCUT2D eigenvalue weighted by Crippen LogP contribution is -2.43. The van der Waals surface area contributed by atoms with Crippen molar-refractivity contribution in [2.75, 3.05) is 32.8 Å². The number of aryl methyl sites for hydroxylation is 3. The smallest absolute Gasteiger partial charge is 0.220 e. The molecule has 0 aliphatic carbocycles. The largest absolute Gasteiger partial charge is 0.465 e. The predicted octanol–water partition coefficient (Wildman–Crippen LogP) is 2.48. The van der Waals surface area contributed by atoms with Gasteiger partial charge in [-0.3, -0.25) is 9.69 Å². The first-order chi connectivity index (χ1) is 12.1. The summed E-state index contributed by atoms with van der Waals surface area (Å²) in [6.45, 7) is 7.60. The Morgan fingerprint density at radius 3 is 2.80 bits per heavy atom. The van der Waals surface area contributed by atoms with E-state index in [9.17, 15) is 4.79 Å². The molecular formula is C18H25N3O3S. The predicted molar refractivity (Wildman–Crippen MR) is 96.8 cm³/mol. The fourth-order valence-corrected chi connectivity index (χ4v) is 3.80. The summed E-state index contributed by atoms with van der Waals surface area (Å²) in [6.07, 6.45) is 1.22. The second kappa shape index (κ2) is 8.60. The fraction of sp³-hybridized carbons (Fsp3) is 0.556. The number of hydrogen-bond acceptors (Lipinski definition) is 6. The van der Waals surface area contributed by atoms with Crippen LogP contribution in [0, 0.1) is 13.8 Å². The van der Waals surface area contributed by atoms with E-state index in [2.05, 4.69) is 15.2 Å². The molecule has 3 heterocycles. The quantitative estimate of drug-likeness (QED) is 0.818. The maximum atomic E-state index is 12.3. The molecule has 1 fully saturated rings. The zero-order valence-corrected chi connectivity index (χ0v) is 15.6. The van der Waals surface area contributed by atoms with Crippen LogP contribution in [0.5, 0.6) is 0 Å². The second-order valence-electron chi connectivity index (χ2n) is 6.28. The molecule has 1 N–H and O–H groups in total. The molecule has 6 nitrogen and oxygen atoms in total. The van der Waals surface area contributed by atoms with E-state index >= 15 is 0 Å². The molecule has 2 aromatic rings. The van der Waals surface area contributed by atoms with Crippen molar-refractivity contribution < 1.29 is 13.9 Å². The highest BCUT2D eigenvalue weighted by Crippen LogP contribution is 2.23. The number of ether oxygens (including phenoxy) is 1. The Balaban J connectivity index is 1.56. The summed E-state index contributed by atoms with van der Waals surface area (Å²) in [4.78, 5) is 20.0. The van der Waals surface area contributed by atoms with E-state index in [1.54, 1.807) is 11.3 Å². The van der Waals surface area contributed by atoms with Gasteiger partial charge in [0.1, 0.15) is 11.5 Å². The van der Waals surface area contributed by atoms with Crippen LogP contribution in [0.25, 0.3) is 0 Å². The van der Waals surface area contributed by atoms with E-state index in [1.807, 2.05) is 31.5 Å². The number of morpholine rings is 1. The summed E-state index contributed by atoms with van der Waals surface area (Å²) in [6, 6.07) is 4.02. The van der Waals surface area contributed by atoms with Crippen molar-refractivity contribution in [1.82, 2.24) is 15.2 Å². The van der Waals surface area contributed by atoms with E-state index in [-0.39, 0.29) is 11.9 Å². The molecule has 0 radical (unpaired) electrons. The first-order valence-corrected chi connectivity index (χ1v) is 9.55. The Hall–Kier alpha value is -1.70. The Bertz CT molecular complexity index is 691. The first-order valence-electron chi connectivity index (χ1n) is 8.67. The van der Waals surface area contributed by atoms with Gasteiger partial charge in [0.2, 0.25) is 5.91 Å².